The normalized spacial score (nSPS) is 21.9. The summed E-state index contributed by atoms with van der Waals surface area (Å²) >= 11 is 6.00. The van der Waals surface area contributed by atoms with Crippen LogP contribution in [0.15, 0.2) is 0 Å². The van der Waals surface area contributed by atoms with Crippen molar-refractivity contribution < 1.29 is 0 Å². The van der Waals surface area contributed by atoms with Gasteiger partial charge in [-0.25, -0.2) is 4.98 Å². The Balaban J connectivity index is 2.10. The third-order valence-corrected chi connectivity index (χ3v) is 6.52. The van der Waals surface area contributed by atoms with Crippen molar-refractivity contribution >= 4 is 34.9 Å². The molecule has 15 heavy (non-hydrogen) atoms. The van der Waals surface area contributed by atoms with Gasteiger partial charge in [0.15, 0.2) is 0 Å². The van der Waals surface area contributed by atoms with Crippen molar-refractivity contribution in [1.29, 1.82) is 0 Å². The molecule has 0 radical (unpaired) electrons. The van der Waals surface area contributed by atoms with Crippen molar-refractivity contribution in [3.8, 4) is 0 Å². The number of thiazole rings is 1. The maximum Gasteiger partial charge on any atom is 0.107 e. The molecule has 5 heteroatoms. The Hall–Kier alpha value is 0.290. The summed E-state index contributed by atoms with van der Waals surface area (Å²) in [5, 5.41) is 5.17. The number of hydrogen-bond donors (Lipinski definition) is 1. The maximum atomic E-state index is 4.70. The molecular weight excluding hydrogens is 244 g/mol. The standard InChI is InChI=1S/C10H16N2S3/c1-7-8(5-11-2)15-10(12-7)9-6-13-3-4-14-9/h9,11H,3-6H2,1-2H3. The molecule has 0 amide bonds. The third kappa shape index (κ3) is 2.90. The lowest BCUT2D eigenvalue weighted by atomic mass is 10.4. The molecule has 2 nitrogen and oxygen atoms in total. The van der Waals surface area contributed by atoms with Crippen molar-refractivity contribution in [2.75, 3.05) is 24.3 Å². The van der Waals surface area contributed by atoms with E-state index in [2.05, 4.69) is 35.8 Å². The van der Waals surface area contributed by atoms with Gasteiger partial charge in [-0.05, 0) is 14.0 Å². The molecule has 84 valence electrons. The van der Waals surface area contributed by atoms with Crippen molar-refractivity contribution in [3.63, 3.8) is 0 Å². The summed E-state index contributed by atoms with van der Waals surface area (Å²) in [6, 6.07) is 0. The van der Waals surface area contributed by atoms with Crippen molar-refractivity contribution in [2.45, 2.75) is 18.7 Å². The van der Waals surface area contributed by atoms with E-state index in [1.807, 2.05) is 18.4 Å². The van der Waals surface area contributed by atoms with Crippen molar-refractivity contribution in [2.24, 2.45) is 0 Å². The zero-order valence-corrected chi connectivity index (χ0v) is 11.5. The van der Waals surface area contributed by atoms with Crippen LogP contribution in [-0.4, -0.2) is 29.3 Å². The fraction of sp³-hybridized carbons (Fsp3) is 0.700. The monoisotopic (exact) mass is 260 g/mol. The molecule has 1 aliphatic heterocycles. The summed E-state index contributed by atoms with van der Waals surface area (Å²) in [7, 11) is 1.99. The summed E-state index contributed by atoms with van der Waals surface area (Å²) in [4.78, 5) is 6.09. The van der Waals surface area contributed by atoms with Gasteiger partial charge in [-0.2, -0.15) is 11.8 Å². The molecule has 1 atom stereocenters. The smallest absolute Gasteiger partial charge is 0.107 e. The van der Waals surface area contributed by atoms with Crippen molar-refractivity contribution in [3.05, 3.63) is 15.6 Å². The van der Waals surface area contributed by atoms with Crippen LogP contribution in [0.3, 0.4) is 0 Å². The Kier molecular flexibility index (Phi) is 4.37. The predicted molar refractivity (Wildman–Crippen MR) is 72.1 cm³/mol. The van der Waals surface area contributed by atoms with Crippen LogP contribution in [0.4, 0.5) is 0 Å². The quantitative estimate of drug-likeness (QED) is 0.903. The molecule has 1 aliphatic rings. The van der Waals surface area contributed by atoms with Crippen LogP contribution in [0, 0.1) is 6.92 Å². The highest BCUT2D eigenvalue weighted by Crippen LogP contribution is 2.39. The van der Waals surface area contributed by atoms with Gasteiger partial charge in [0.25, 0.3) is 0 Å². The second-order valence-corrected chi connectivity index (χ2v) is 7.10. The molecule has 0 aromatic carbocycles. The number of nitrogens with zero attached hydrogens (tertiary/aromatic N) is 1. The molecule has 2 rings (SSSR count). The van der Waals surface area contributed by atoms with Crippen molar-refractivity contribution in [1.82, 2.24) is 10.3 Å². The number of aryl methyl sites for hydroxylation is 1. The summed E-state index contributed by atoms with van der Waals surface area (Å²) in [6.07, 6.45) is 0. The average Bonchev–Trinajstić information content (AvgIpc) is 2.63. The van der Waals surface area contributed by atoms with Gasteiger partial charge < -0.3 is 5.32 Å². The molecule has 0 bridgehead atoms. The first kappa shape index (κ1) is 11.8. The topological polar surface area (TPSA) is 24.9 Å². The predicted octanol–water partition coefficient (Wildman–Crippen LogP) is 2.69. The molecule has 0 spiro atoms. The minimum Gasteiger partial charge on any atom is -0.315 e. The van der Waals surface area contributed by atoms with Gasteiger partial charge >= 0.3 is 0 Å². The third-order valence-electron chi connectivity index (χ3n) is 2.34. The minimum absolute atomic E-state index is 0.637. The van der Waals surface area contributed by atoms with Gasteiger partial charge in [0.2, 0.25) is 0 Å². The summed E-state index contributed by atoms with van der Waals surface area (Å²) in [5.41, 5.74) is 1.21. The minimum atomic E-state index is 0.637. The second kappa shape index (κ2) is 5.57. The maximum absolute atomic E-state index is 4.70. The second-order valence-electron chi connectivity index (χ2n) is 3.53. The van der Waals surface area contributed by atoms with Gasteiger partial charge in [-0.1, -0.05) is 0 Å². The largest absolute Gasteiger partial charge is 0.315 e. The Morgan fingerprint density at radius 1 is 1.47 bits per heavy atom. The highest BCUT2D eigenvalue weighted by molar-refractivity contribution is 8.06. The lowest BCUT2D eigenvalue weighted by Gasteiger charge is -2.18. The van der Waals surface area contributed by atoms with E-state index in [-0.39, 0.29) is 0 Å². The molecule has 1 saturated heterocycles. The van der Waals surface area contributed by atoms with Crippen LogP contribution in [-0.2, 0) is 6.54 Å². The summed E-state index contributed by atoms with van der Waals surface area (Å²) in [6.45, 7) is 3.07. The van der Waals surface area contributed by atoms with Crippen LogP contribution in [0.2, 0.25) is 0 Å². The fourth-order valence-electron chi connectivity index (χ4n) is 1.54. The van der Waals surface area contributed by atoms with Gasteiger partial charge in [-0.3, -0.25) is 0 Å². The molecule has 0 aliphatic carbocycles. The van der Waals surface area contributed by atoms with Gasteiger partial charge in [0.05, 0.1) is 10.9 Å². The number of rotatable bonds is 3. The SMILES string of the molecule is CNCc1sc(C2CSCCS2)nc1C. The molecule has 1 aromatic heterocycles. The fourth-order valence-corrected chi connectivity index (χ4v) is 5.61. The van der Waals surface area contributed by atoms with E-state index >= 15 is 0 Å². The number of hydrogen-bond acceptors (Lipinski definition) is 5. The first-order valence-electron chi connectivity index (χ1n) is 5.11. The van der Waals surface area contributed by atoms with E-state index in [1.165, 1.54) is 32.8 Å². The highest BCUT2D eigenvalue weighted by Gasteiger charge is 2.20. The highest BCUT2D eigenvalue weighted by atomic mass is 32.2. The Bertz CT molecular complexity index is 318. The van der Waals surface area contributed by atoms with Crippen LogP contribution >= 0.6 is 34.9 Å². The van der Waals surface area contributed by atoms with Gasteiger partial charge in [0.1, 0.15) is 5.01 Å². The Labute approximate surface area is 104 Å². The molecule has 1 N–H and O–H groups in total. The van der Waals surface area contributed by atoms with Crippen LogP contribution in [0.5, 0.6) is 0 Å². The Morgan fingerprint density at radius 2 is 2.33 bits per heavy atom. The van der Waals surface area contributed by atoms with E-state index in [9.17, 15) is 0 Å². The summed E-state index contributed by atoms with van der Waals surface area (Å²) < 4.78 is 0. The molecule has 1 fully saturated rings. The van der Waals surface area contributed by atoms with Gasteiger partial charge in [0, 0.05) is 28.7 Å². The zero-order chi connectivity index (χ0) is 10.7. The number of nitrogens with one attached hydrogen (secondary N) is 1. The van der Waals surface area contributed by atoms with E-state index in [1.54, 1.807) is 0 Å². The first-order chi connectivity index (χ1) is 7.31. The molecule has 2 heterocycles. The molecular formula is C10H16N2S3. The average molecular weight is 260 g/mol. The Morgan fingerprint density at radius 3 is 3.00 bits per heavy atom. The molecule has 0 saturated carbocycles. The number of aromatic nitrogens is 1. The molecule has 1 unspecified atom stereocenters. The number of thioether (sulfide) groups is 2. The van der Waals surface area contributed by atoms with E-state index < -0.39 is 0 Å². The van der Waals surface area contributed by atoms with E-state index in [0.29, 0.717) is 5.25 Å². The van der Waals surface area contributed by atoms with Gasteiger partial charge in [-0.15, -0.1) is 23.1 Å². The van der Waals surface area contributed by atoms with Crippen LogP contribution < -0.4 is 5.32 Å². The van der Waals surface area contributed by atoms with E-state index in [4.69, 9.17) is 4.98 Å². The first-order valence-corrected chi connectivity index (χ1v) is 8.13. The molecule has 1 aromatic rings. The zero-order valence-electron chi connectivity index (χ0n) is 9.08. The lowest BCUT2D eigenvalue weighted by molar-refractivity contribution is 0.822. The van der Waals surface area contributed by atoms with E-state index in [0.717, 1.165) is 6.54 Å². The van der Waals surface area contributed by atoms with Crippen LogP contribution in [0.25, 0.3) is 0 Å². The lowest BCUT2D eigenvalue weighted by Crippen LogP contribution is -2.05. The van der Waals surface area contributed by atoms with Crippen LogP contribution in [0.1, 0.15) is 20.8 Å². The summed E-state index contributed by atoms with van der Waals surface area (Å²) in [5.74, 6) is 3.81.